The third-order valence-electron chi connectivity index (χ3n) is 5.30. The van der Waals surface area contributed by atoms with E-state index in [9.17, 15) is 14.4 Å². The molecule has 4 aromatic rings. The second kappa shape index (κ2) is 10.7. The number of imidazole rings is 1. The Morgan fingerprint density at radius 3 is 2.63 bits per heavy atom. The van der Waals surface area contributed by atoms with Gasteiger partial charge in [-0.3, -0.25) is 19.5 Å². The van der Waals surface area contributed by atoms with Gasteiger partial charge in [-0.25, -0.2) is 14.3 Å². The summed E-state index contributed by atoms with van der Waals surface area (Å²) in [6.45, 7) is 4.62. The molecule has 184 valence electrons. The van der Waals surface area contributed by atoms with Crippen molar-refractivity contribution < 1.29 is 9.53 Å². The highest BCUT2D eigenvalue weighted by Crippen LogP contribution is 2.18. The minimum absolute atomic E-state index is 0.203. The molecule has 0 saturated carbocycles. The molecule has 11 nitrogen and oxygen atoms in total. The zero-order valence-corrected chi connectivity index (χ0v) is 20.6. The summed E-state index contributed by atoms with van der Waals surface area (Å²) in [5, 5.41) is 11.9. The largest absolute Gasteiger partial charge is 0.383 e. The number of amides is 1. The second-order valence-electron chi connectivity index (χ2n) is 8.50. The predicted molar refractivity (Wildman–Crippen MR) is 133 cm³/mol. The molecule has 0 bridgehead atoms. The fourth-order valence-corrected chi connectivity index (χ4v) is 4.65. The maximum Gasteiger partial charge on any atom is 0.333 e. The van der Waals surface area contributed by atoms with Crippen molar-refractivity contribution in [2.45, 2.75) is 39.9 Å². The molecule has 4 rings (SSSR count). The molecule has 1 aromatic carbocycles. The number of benzene rings is 1. The molecule has 3 aromatic heterocycles. The van der Waals surface area contributed by atoms with Crippen LogP contribution >= 0.6 is 11.3 Å². The Bertz CT molecular complexity index is 1440. The number of nitrogens with one attached hydrogen (secondary N) is 1. The van der Waals surface area contributed by atoms with E-state index >= 15 is 0 Å². The number of carbonyl (C=O) groups is 1. The standard InChI is InChI=1S/C23H27N7O4S/c1-15(2)11-18-26-27-22(35-18)25-17(31)13-30-21(32)19-20(24-14-28(19)9-10-34-3)29(23(30)33)12-16-7-5-4-6-8-16/h4-8,14-15H,9-13H2,1-3H3,(H,25,27,31). The number of hydrogen-bond acceptors (Lipinski definition) is 8. The summed E-state index contributed by atoms with van der Waals surface area (Å²) in [4.78, 5) is 43.9. The van der Waals surface area contributed by atoms with Crippen LogP contribution in [0.1, 0.15) is 24.4 Å². The van der Waals surface area contributed by atoms with Crippen molar-refractivity contribution in [1.82, 2.24) is 28.9 Å². The molecule has 0 aliphatic rings. The van der Waals surface area contributed by atoms with Gasteiger partial charge in [-0.2, -0.15) is 0 Å². The minimum Gasteiger partial charge on any atom is -0.383 e. The first-order valence-corrected chi connectivity index (χ1v) is 12.0. The van der Waals surface area contributed by atoms with Gasteiger partial charge < -0.3 is 9.30 Å². The maximum atomic E-state index is 13.4. The van der Waals surface area contributed by atoms with E-state index in [1.54, 1.807) is 11.7 Å². The number of hydrogen-bond donors (Lipinski definition) is 1. The first-order valence-electron chi connectivity index (χ1n) is 11.2. The van der Waals surface area contributed by atoms with Gasteiger partial charge >= 0.3 is 5.69 Å². The van der Waals surface area contributed by atoms with E-state index in [2.05, 4.69) is 34.3 Å². The zero-order valence-electron chi connectivity index (χ0n) is 19.8. The van der Waals surface area contributed by atoms with Crippen LogP contribution in [-0.2, 0) is 35.6 Å². The quantitative estimate of drug-likeness (QED) is 0.354. The second-order valence-corrected chi connectivity index (χ2v) is 9.56. The van der Waals surface area contributed by atoms with Crippen LogP contribution in [0.4, 0.5) is 5.13 Å². The molecule has 0 radical (unpaired) electrons. The lowest BCUT2D eigenvalue weighted by Crippen LogP contribution is -2.43. The lowest BCUT2D eigenvalue weighted by Gasteiger charge is -2.12. The maximum absolute atomic E-state index is 13.4. The van der Waals surface area contributed by atoms with Crippen LogP contribution in [0.25, 0.3) is 11.2 Å². The van der Waals surface area contributed by atoms with Gasteiger partial charge in [-0.05, 0) is 11.5 Å². The van der Waals surface area contributed by atoms with E-state index in [1.165, 1.54) is 22.2 Å². The van der Waals surface area contributed by atoms with Gasteiger partial charge in [0.25, 0.3) is 5.56 Å². The molecule has 0 aliphatic heterocycles. The molecule has 1 N–H and O–H groups in total. The summed E-state index contributed by atoms with van der Waals surface area (Å²) in [5.74, 6) is -0.132. The number of methoxy groups -OCH3 is 1. The molecule has 35 heavy (non-hydrogen) atoms. The van der Waals surface area contributed by atoms with Crippen LogP contribution in [0, 0.1) is 5.92 Å². The molecule has 0 unspecified atom stereocenters. The van der Waals surface area contributed by atoms with E-state index < -0.39 is 23.7 Å². The number of nitrogens with zero attached hydrogens (tertiary/aromatic N) is 6. The van der Waals surface area contributed by atoms with Gasteiger partial charge in [-0.15, -0.1) is 10.2 Å². The first kappa shape index (κ1) is 24.5. The van der Waals surface area contributed by atoms with Gasteiger partial charge in [0.15, 0.2) is 11.2 Å². The fourth-order valence-electron chi connectivity index (χ4n) is 3.68. The van der Waals surface area contributed by atoms with E-state index in [0.29, 0.717) is 24.2 Å². The fraction of sp³-hybridized carbons (Fsp3) is 0.391. The number of anilines is 1. The van der Waals surface area contributed by atoms with Crippen molar-refractivity contribution in [1.29, 1.82) is 0 Å². The number of carbonyl (C=O) groups excluding carboxylic acids is 1. The summed E-state index contributed by atoms with van der Waals surface area (Å²) in [5.41, 5.74) is 0.162. The van der Waals surface area contributed by atoms with Crippen molar-refractivity contribution in [3.05, 3.63) is 68.1 Å². The van der Waals surface area contributed by atoms with Crippen molar-refractivity contribution in [3.63, 3.8) is 0 Å². The highest BCUT2D eigenvalue weighted by molar-refractivity contribution is 7.15. The van der Waals surface area contributed by atoms with Crippen molar-refractivity contribution >= 4 is 33.5 Å². The van der Waals surface area contributed by atoms with Crippen LogP contribution in [0.3, 0.4) is 0 Å². The first-order chi connectivity index (χ1) is 16.9. The van der Waals surface area contributed by atoms with Crippen LogP contribution in [0.15, 0.2) is 46.2 Å². The zero-order chi connectivity index (χ0) is 24.9. The summed E-state index contributed by atoms with van der Waals surface area (Å²) >= 11 is 1.28. The molecule has 0 fully saturated rings. The summed E-state index contributed by atoms with van der Waals surface area (Å²) in [6, 6.07) is 9.38. The van der Waals surface area contributed by atoms with Crippen LogP contribution in [0.2, 0.25) is 0 Å². The molecule has 0 aliphatic carbocycles. The molecule has 0 atom stereocenters. The van der Waals surface area contributed by atoms with E-state index in [-0.39, 0.29) is 17.7 Å². The number of rotatable bonds is 10. The molecule has 3 heterocycles. The third kappa shape index (κ3) is 5.54. The van der Waals surface area contributed by atoms with Gasteiger partial charge in [0.1, 0.15) is 11.6 Å². The van der Waals surface area contributed by atoms with Crippen LogP contribution in [-0.4, -0.2) is 48.5 Å². The van der Waals surface area contributed by atoms with Gasteiger partial charge in [0.2, 0.25) is 11.0 Å². The Hall–Kier alpha value is -3.64. The minimum atomic E-state index is -0.615. The van der Waals surface area contributed by atoms with E-state index in [1.807, 2.05) is 30.3 Å². The third-order valence-corrected chi connectivity index (χ3v) is 6.16. The highest BCUT2D eigenvalue weighted by atomic mass is 32.1. The van der Waals surface area contributed by atoms with Crippen LogP contribution in [0.5, 0.6) is 0 Å². The number of fused-ring (bicyclic) bond motifs is 1. The predicted octanol–water partition coefficient (Wildman–Crippen LogP) is 1.74. The number of aromatic nitrogens is 6. The topological polar surface area (TPSA) is 126 Å². The van der Waals surface area contributed by atoms with E-state index in [0.717, 1.165) is 21.6 Å². The van der Waals surface area contributed by atoms with Crippen molar-refractivity contribution in [2.75, 3.05) is 19.0 Å². The average Bonchev–Trinajstić information content (AvgIpc) is 3.45. The Balaban J connectivity index is 1.70. The Morgan fingerprint density at radius 1 is 1.14 bits per heavy atom. The summed E-state index contributed by atoms with van der Waals surface area (Å²) in [7, 11) is 1.56. The summed E-state index contributed by atoms with van der Waals surface area (Å²) in [6.07, 6.45) is 2.26. The van der Waals surface area contributed by atoms with Gasteiger partial charge in [-0.1, -0.05) is 55.5 Å². The Kier molecular flexibility index (Phi) is 7.51. The lowest BCUT2D eigenvalue weighted by atomic mass is 10.1. The summed E-state index contributed by atoms with van der Waals surface area (Å²) < 4.78 is 9.12. The molecule has 12 heteroatoms. The van der Waals surface area contributed by atoms with Gasteiger partial charge in [0.05, 0.1) is 19.5 Å². The van der Waals surface area contributed by atoms with Crippen molar-refractivity contribution in [2.24, 2.45) is 5.92 Å². The Labute approximate surface area is 205 Å². The van der Waals surface area contributed by atoms with E-state index in [4.69, 9.17) is 4.74 Å². The average molecular weight is 498 g/mol. The monoisotopic (exact) mass is 497 g/mol. The normalized spacial score (nSPS) is 11.4. The Morgan fingerprint density at radius 2 is 1.91 bits per heavy atom. The molecule has 1 amide bonds. The van der Waals surface area contributed by atoms with Crippen molar-refractivity contribution in [3.8, 4) is 0 Å². The number of ether oxygens (including phenoxy) is 1. The van der Waals surface area contributed by atoms with Crippen LogP contribution < -0.4 is 16.6 Å². The van der Waals surface area contributed by atoms with Gasteiger partial charge in [0, 0.05) is 20.1 Å². The molecule has 0 spiro atoms. The smallest absolute Gasteiger partial charge is 0.333 e. The SMILES string of the molecule is COCCn1cnc2c1c(=O)n(CC(=O)Nc1nnc(CC(C)C)s1)c(=O)n2Cc1ccccc1. The lowest BCUT2D eigenvalue weighted by molar-refractivity contribution is -0.116. The molecular weight excluding hydrogens is 470 g/mol. The molecule has 0 saturated heterocycles. The molecular formula is C23H27N7O4S. The highest BCUT2D eigenvalue weighted by Gasteiger charge is 2.20.